The molecule has 1 aliphatic rings. The van der Waals surface area contributed by atoms with E-state index in [2.05, 4.69) is 26.4 Å². The van der Waals surface area contributed by atoms with Crippen LogP contribution in [-0.2, 0) is 29.4 Å². The Hall–Kier alpha value is -2.67. The lowest BCUT2D eigenvalue weighted by atomic mass is 9.91. The zero-order valence-electron chi connectivity index (χ0n) is 16.1. The molecule has 0 amide bonds. The van der Waals surface area contributed by atoms with Crippen molar-refractivity contribution in [1.82, 2.24) is 14.8 Å². The molecule has 2 heterocycles. The quantitative estimate of drug-likeness (QED) is 0.714. The lowest BCUT2D eigenvalue weighted by molar-refractivity contribution is 0.447. The first-order valence-electron chi connectivity index (χ1n) is 9.56. The van der Waals surface area contributed by atoms with Crippen LogP contribution in [0, 0.1) is 6.92 Å². The molecule has 2 aromatic carbocycles. The number of hydrogen-bond acceptors (Lipinski definition) is 4. The standard InChI is InChI=1S/C21H24N4O2S/c1-3-20-22-23-21-13-8-17(14-25(20)21)16-6-9-18(10-7-16)24-28(26,27)19-11-4-15(2)5-12-19/h4-7,9-12,17,24H,3,8,13-14H2,1-2H3/t17-/m0/s1. The van der Waals surface area contributed by atoms with Gasteiger partial charge in [-0.3, -0.25) is 4.72 Å². The number of aromatic nitrogens is 3. The van der Waals surface area contributed by atoms with Crippen LogP contribution < -0.4 is 4.72 Å². The summed E-state index contributed by atoms with van der Waals surface area (Å²) in [4.78, 5) is 0.265. The molecule has 1 N–H and O–H groups in total. The fourth-order valence-corrected chi connectivity index (χ4v) is 4.73. The van der Waals surface area contributed by atoms with Gasteiger partial charge in [0.25, 0.3) is 10.0 Å². The van der Waals surface area contributed by atoms with E-state index in [1.54, 1.807) is 24.3 Å². The van der Waals surface area contributed by atoms with Gasteiger partial charge < -0.3 is 4.57 Å². The molecule has 0 fully saturated rings. The van der Waals surface area contributed by atoms with Crippen LogP contribution in [0.15, 0.2) is 53.4 Å². The molecular formula is C21H24N4O2S. The lowest BCUT2D eigenvalue weighted by Gasteiger charge is -2.24. The maximum atomic E-state index is 12.5. The molecule has 1 atom stereocenters. The van der Waals surface area contributed by atoms with Gasteiger partial charge in [0.15, 0.2) is 0 Å². The van der Waals surface area contributed by atoms with Gasteiger partial charge in [-0.2, -0.15) is 0 Å². The van der Waals surface area contributed by atoms with Gasteiger partial charge in [-0.05, 0) is 43.2 Å². The van der Waals surface area contributed by atoms with E-state index in [0.717, 1.165) is 43.0 Å². The zero-order valence-corrected chi connectivity index (χ0v) is 16.9. The second-order valence-corrected chi connectivity index (χ2v) is 8.96. The average Bonchev–Trinajstić information content (AvgIpc) is 3.11. The number of anilines is 1. The molecule has 6 nitrogen and oxygen atoms in total. The monoisotopic (exact) mass is 396 g/mol. The minimum Gasteiger partial charge on any atom is -0.314 e. The number of fused-ring (bicyclic) bond motifs is 1. The van der Waals surface area contributed by atoms with Crippen LogP contribution in [0.5, 0.6) is 0 Å². The van der Waals surface area contributed by atoms with E-state index < -0.39 is 10.0 Å². The summed E-state index contributed by atoms with van der Waals surface area (Å²) >= 11 is 0. The maximum Gasteiger partial charge on any atom is 0.261 e. The number of nitrogens with one attached hydrogen (secondary N) is 1. The normalized spacial score (nSPS) is 16.6. The molecule has 7 heteroatoms. The Balaban J connectivity index is 1.49. The fourth-order valence-electron chi connectivity index (χ4n) is 3.67. The first-order chi connectivity index (χ1) is 13.5. The van der Waals surface area contributed by atoms with Gasteiger partial charge in [0.05, 0.1) is 4.90 Å². The molecule has 0 saturated heterocycles. The maximum absolute atomic E-state index is 12.5. The lowest BCUT2D eigenvalue weighted by Crippen LogP contribution is -2.20. The molecule has 1 aliphatic heterocycles. The van der Waals surface area contributed by atoms with Gasteiger partial charge in [0.1, 0.15) is 11.6 Å². The molecule has 0 unspecified atom stereocenters. The van der Waals surface area contributed by atoms with E-state index in [-0.39, 0.29) is 4.90 Å². The fraction of sp³-hybridized carbons (Fsp3) is 0.333. The van der Waals surface area contributed by atoms with Crippen LogP contribution in [0.25, 0.3) is 0 Å². The van der Waals surface area contributed by atoms with Crippen molar-refractivity contribution in [3.05, 3.63) is 71.3 Å². The number of aryl methyl sites for hydroxylation is 3. The molecule has 0 bridgehead atoms. The summed E-state index contributed by atoms with van der Waals surface area (Å²) in [6, 6.07) is 14.5. The van der Waals surface area contributed by atoms with Gasteiger partial charge >= 0.3 is 0 Å². The summed E-state index contributed by atoms with van der Waals surface area (Å²) in [5.74, 6) is 2.48. The second-order valence-electron chi connectivity index (χ2n) is 7.27. The Bertz CT molecular complexity index is 1060. The summed E-state index contributed by atoms with van der Waals surface area (Å²) in [6.07, 6.45) is 2.81. The topological polar surface area (TPSA) is 76.9 Å². The van der Waals surface area contributed by atoms with Gasteiger partial charge in [0, 0.05) is 31.0 Å². The van der Waals surface area contributed by atoms with E-state index in [1.165, 1.54) is 5.56 Å². The number of rotatable bonds is 5. The Kier molecular flexibility index (Phi) is 4.93. The molecule has 28 heavy (non-hydrogen) atoms. The third kappa shape index (κ3) is 3.67. The van der Waals surface area contributed by atoms with Crippen molar-refractivity contribution in [2.24, 2.45) is 0 Å². The molecule has 1 aromatic heterocycles. The highest BCUT2D eigenvalue weighted by atomic mass is 32.2. The number of benzene rings is 2. The summed E-state index contributed by atoms with van der Waals surface area (Å²) < 4.78 is 30.0. The van der Waals surface area contributed by atoms with Gasteiger partial charge in [-0.25, -0.2) is 8.42 Å². The predicted octanol–water partition coefficient (Wildman–Crippen LogP) is 3.68. The Labute approximate surface area is 165 Å². The average molecular weight is 397 g/mol. The van der Waals surface area contributed by atoms with E-state index in [4.69, 9.17) is 0 Å². The SMILES string of the molecule is CCc1nnc2n1C[C@@H](c1ccc(NS(=O)(=O)c3ccc(C)cc3)cc1)CC2. The van der Waals surface area contributed by atoms with Crippen molar-refractivity contribution in [2.75, 3.05) is 4.72 Å². The van der Waals surface area contributed by atoms with Crippen LogP contribution in [0.3, 0.4) is 0 Å². The number of hydrogen-bond donors (Lipinski definition) is 1. The minimum atomic E-state index is -3.58. The predicted molar refractivity (Wildman–Crippen MR) is 109 cm³/mol. The third-order valence-corrected chi connectivity index (χ3v) is 6.70. The van der Waals surface area contributed by atoms with Crippen LogP contribution in [-0.4, -0.2) is 23.2 Å². The van der Waals surface area contributed by atoms with Crippen LogP contribution in [0.4, 0.5) is 5.69 Å². The molecule has 0 radical (unpaired) electrons. The highest BCUT2D eigenvalue weighted by Gasteiger charge is 2.23. The van der Waals surface area contributed by atoms with Crippen molar-refractivity contribution < 1.29 is 8.42 Å². The molecule has 4 rings (SSSR count). The van der Waals surface area contributed by atoms with Gasteiger partial charge in [-0.1, -0.05) is 36.8 Å². The van der Waals surface area contributed by atoms with Crippen LogP contribution in [0.1, 0.15) is 42.0 Å². The van der Waals surface area contributed by atoms with Crippen LogP contribution >= 0.6 is 0 Å². The largest absolute Gasteiger partial charge is 0.314 e. The van der Waals surface area contributed by atoms with E-state index in [1.807, 2.05) is 31.2 Å². The summed E-state index contributed by atoms with van der Waals surface area (Å²) in [5, 5.41) is 8.55. The first kappa shape index (κ1) is 18.7. The molecule has 3 aromatic rings. The van der Waals surface area contributed by atoms with E-state index in [0.29, 0.717) is 11.6 Å². The summed E-state index contributed by atoms with van der Waals surface area (Å²) in [7, 11) is -3.58. The highest BCUT2D eigenvalue weighted by molar-refractivity contribution is 7.92. The molecule has 0 saturated carbocycles. The molecular weight excluding hydrogens is 372 g/mol. The Morgan fingerprint density at radius 3 is 2.46 bits per heavy atom. The van der Waals surface area contributed by atoms with Gasteiger partial charge in [0.2, 0.25) is 0 Å². The highest BCUT2D eigenvalue weighted by Crippen LogP contribution is 2.30. The summed E-state index contributed by atoms with van der Waals surface area (Å²) in [5.41, 5.74) is 2.80. The molecule has 0 spiro atoms. The Morgan fingerprint density at radius 2 is 1.79 bits per heavy atom. The van der Waals surface area contributed by atoms with Crippen molar-refractivity contribution in [3.63, 3.8) is 0 Å². The second kappa shape index (κ2) is 7.39. The van der Waals surface area contributed by atoms with E-state index in [9.17, 15) is 8.42 Å². The van der Waals surface area contributed by atoms with Crippen molar-refractivity contribution in [3.8, 4) is 0 Å². The smallest absolute Gasteiger partial charge is 0.261 e. The molecule has 0 aliphatic carbocycles. The van der Waals surface area contributed by atoms with Crippen molar-refractivity contribution >= 4 is 15.7 Å². The zero-order chi connectivity index (χ0) is 19.7. The van der Waals surface area contributed by atoms with Gasteiger partial charge in [-0.15, -0.1) is 10.2 Å². The van der Waals surface area contributed by atoms with Crippen molar-refractivity contribution in [2.45, 2.75) is 50.5 Å². The van der Waals surface area contributed by atoms with Crippen molar-refractivity contribution in [1.29, 1.82) is 0 Å². The van der Waals surface area contributed by atoms with E-state index >= 15 is 0 Å². The first-order valence-corrected chi connectivity index (χ1v) is 11.0. The Morgan fingerprint density at radius 1 is 1.07 bits per heavy atom. The minimum absolute atomic E-state index is 0.265. The number of sulfonamides is 1. The summed E-state index contributed by atoms with van der Waals surface area (Å²) in [6.45, 7) is 4.90. The molecule has 146 valence electrons. The number of nitrogens with zero attached hydrogens (tertiary/aromatic N) is 3. The van der Waals surface area contributed by atoms with Crippen LogP contribution in [0.2, 0.25) is 0 Å². The third-order valence-electron chi connectivity index (χ3n) is 5.31.